The minimum absolute atomic E-state index is 0.232. The van der Waals surface area contributed by atoms with Crippen LogP contribution in [0.1, 0.15) is 42.7 Å². The summed E-state index contributed by atoms with van der Waals surface area (Å²) < 4.78 is 0. The van der Waals surface area contributed by atoms with Crippen molar-refractivity contribution in [1.29, 1.82) is 0 Å². The van der Waals surface area contributed by atoms with Crippen LogP contribution < -0.4 is 5.32 Å². The van der Waals surface area contributed by atoms with Crippen molar-refractivity contribution in [3.63, 3.8) is 0 Å². The Hall–Kier alpha value is -1.13. The average molecular weight is 271 g/mol. The molecule has 1 atom stereocenters. The van der Waals surface area contributed by atoms with Crippen LogP contribution >= 0.6 is 11.6 Å². The first-order chi connectivity index (χ1) is 8.56. The third kappa shape index (κ3) is 4.63. The first kappa shape index (κ1) is 14.9. The maximum absolute atomic E-state index is 11.9. The summed E-state index contributed by atoms with van der Waals surface area (Å²) in [5.74, 6) is -0.232. The molecule has 0 aliphatic carbocycles. The quantitative estimate of drug-likeness (QED) is 0.779. The molecule has 0 saturated carbocycles. The number of halogens is 1. The molecule has 0 saturated heterocycles. The van der Waals surface area contributed by atoms with Crippen LogP contribution in [-0.2, 0) is 6.42 Å². The summed E-state index contributed by atoms with van der Waals surface area (Å²) in [7, 11) is 0. The third-order valence-electron chi connectivity index (χ3n) is 2.58. The molecule has 0 aromatic carbocycles. The molecule has 0 bridgehead atoms. The Kier molecular flexibility index (Phi) is 6.09. The number of rotatable bonds is 6. The van der Waals surface area contributed by atoms with Gasteiger partial charge in [-0.05, 0) is 25.0 Å². The molecule has 18 heavy (non-hydrogen) atoms. The van der Waals surface area contributed by atoms with Crippen LogP contribution in [0.25, 0.3) is 0 Å². The standard InChI is InChI=1S/C13H19ClN2O2/c1-3-5-10-6-9(7-12(14)16-10)13(18)15-8-11(17)4-2/h6-7,11,17H,3-5,8H2,1-2H3,(H,15,18). The van der Waals surface area contributed by atoms with E-state index in [1.807, 2.05) is 13.8 Å². The van der Waals surface area contributed by atoms with Gasteiger partial charge in [0.25, 0.3) is 5.91 Å². The first-order valence-corrected chi connectivity index (χ1v) is 6.57. The lowest BCUT2D eigenvalue weighted by atomic mass is 10.1. The lowest BCUT2D eigenvalue weighted by molar-refractivity contribution is 0.0913. The number of aliphatic hydroxyl groups excluding tert-OH is 1. The predicted octanol–water partition coefficient (Wildman–Crippen LogP) is 2.19. The number of aromatic nitrogens is 1. The van der Waals surface area contributed by atoms with Crippen LogP contribution in [0.15, 0.2) is 12.1 Å². The van der Waals surface area contributed by atoms with Gasteiger partial charge in [0.05, 0.1) is 6.10 Å². The van der Waals surface area contributed by atoms with Gasteiger partial charge in [-0.15, -0.1) is 0 Å². The molecule has 0 spiro atoms. The molecule has 0 aliphatic rings. The molecule has 1 aromatic rings. The number of nitrogens with zero attached hydrogens (tertiary/aromatic N) is 1. The number of amides is 1. The van der Waals surface area contributed by atoms with Gasteiger partial charge in [-0.3, -0.25) is 4.79 Å². The Morgan fingerprint density at radius 1 is 1.50 bits per heavy atom. The van der Waals surface area contributed by atoms with Crippen LogP contribution in [0.2, 0.25) is 5.15 Å². The molecule has 0 fully saturated rings. The van der Waals surface area contributed by atoms with E-state index in [0.717, 1.165) is 18.5 Å². The summed E-state index contributed by atoms with van der Waals surface area (Å²) in [6.45, 7) is 4.15. The fourth-order valence-corrected chi connectivity index (χ4v) is 1.75. The summed E-state index contributed by atoms with van der Waals surface area (Å²) in [5.41, 5.74) is 1.30. The predicted molar refractivity (Wildman–Crippen MR) is 71.9 cm³/mol. The van der Waals surface area contributed by atoms with E-state index in [4.69, 9.17) is 11.6 Å². The molecule has 1 unspecified atom stereocenters. The van der Waals surface area contributed by atoms with Crippen molar-refractivity contribution in [3.8, 4) is 0 Å². The van der Waals surface area contributed by atoms with Crippen LogP contribution in [-0.4, -0.2) is 28.6 Å². The van der Waals surface area contributed by atoms with E-state index in [-0.39, 0.29) is 12.5 Å². The molecule has 100 valence electrons. The highest BCUT2D eigenvalue weighted by Crippen LogP contribution is 2.12. The number of aryl methyl sites for hydroxylation is 1. The molecule has 0 radical (unpaired) electrons. The Labute approximate surface area is 112 Å². The molecule has 1 amide bonds. The highest BCUT2D eigenvalue weighted by Gasteiger charge is 2.10. The molecule has 1 heterocycles. The van der Waals surface area contributed by atoms with Gasteiger partial charge in [0, 0.05) is 17.8 Å². The van der Waals surface area contributed by atoms with Gasteiger partial charge in [0.15, 0.2) is 0 Å². The summed E-state index contributed by atoms with van der Waals surface area (Å²) in [5, 5.41) is 12.4. The Bertz CT molecular complexity index is 410. The summed E-state index contributed by atoms with van der Waals surface area (Å²) in [6.07, 6.45) is 1.83. The molecule has 5 heteroatoms. The molecular weight excluding hydrogens is 252 g/mol. The van der Waals surface area contributed by atoms with Crippen molar-refractivity contribution in [3.05, 3.63) is 28.5 Å². The van der Waals surface area contributed by atoms with Crippen LogP contribution in [0, 0.1) is 0 Å². The zero-order valence-corrected chi connectivity index (χ0v) is 11.5. The minimum Gasteiger partial charge on any atom is -0.391 e. The highest BCUT2D eigenvalue weighted by atomic mass is 35.5. The summed E-state index contributed by atoms with van der Waals surface area (Å²) in [6, 6.07) is 3.28. The van der Waals surface area contributed by atoms with E-state index in [2.05, 4.69) is 10.3 Å². The van der Waals surface area contributed by atoms with Crippen LogP contribution in [0.3, 0.4) is 0 Å². The second-order valence-electron chi connectivity index (χ2n) is 4.19. The number of hydrogen-bond donors (Lipinski definition) is 2. The smallest absolute Gasteiger partial charge is 0.251 e. The Morgan fingerprint density at radius 3 is 2.83 bits per heavy atom. The normalized spacial score (nSPS) is 12.2. The topological polar surface area (TPSA) is 62.2 Å². The Balaban J connectivity index is 2.72. The monoisotopic (exact) mass is 270 g/mol. The molecule has 0 aliphatic heterocycles. The second-order valence-corrected chi connectivity index (χ2v) is 4.58. The highest BCUT2D eigenvalue weighted by molar-refractivity contribution is 6.29. The third-order valence-corrected chi connectivity index (χ3v) is 2.78. The molecule has 4 nitrogen and oxygen atoms in total. The zero-order valence-electron chi connectivity index (χ0n) is 10.7. The van der Waals surface area contributed by atoms with Crippen molar-refractivity contribution in [2.45, 2.75) is 39.2 Å². The minimum atomic E-state index is -0.513. The van der Waals surface area contributed by atoms with Crippen molar-refractivity contribution in [2.75, 3.05) is 6.54 Å². The number of carbonyl (C=O) groups excluding carboxylic acids is 1. The number of pyridine rings is 1. The van der Waals surface area contributed by atoms with Gasteiger partial charge in [0.2, 0.25) is 0 Å². The zero-order chi connectivity index (χ0) is 13.5. The maximum atomic E-state index is 11.9. The number of carbonyl (C=O) groups is 1. The SMILES string of the molecule is CCCc1cc(C(=O)NCC(O)CC)cc(Cl)n1. The van der Waals surface area contributed by atoms with Crippen molar-refractivity contribution in [2.24, 2.45) is 0 Å². The molecular formula is C13H19ClN2O2. The molecule has 1 aromatic heterocycles. The largest absolute Gasteiger partial charge is 0.391 e. The van der Waals surface area contributed by atoms with Crippen LogP contribution in [0.5, 0.6) is 0 Å². The molecule has 2 N–H and O–H groups in total. The number of hydrogen-bond acceptors (Lipinski definition) is 3. The maximum Gasteiger partial charge on any atom is 0.251 e. The fraction of sp³-hybridized carbons (Fsp3) is 0.538. The van der Waals surface area contributed by atoms with Gasteiger partial charge < -0.3 is 10.4 Å². The van der Waals surface area contributed by atoms with Crippen molar-refractivity contribution in [1.82, 2.24) is 10.3 Å². The lowest BCUT2D eigenvalue weighted by Gasteiger charge is -2.10. The van der Waals surface area contributed by atoms with Crippen LogP contribution in [0.4, 0.5) is 0 Å². The lowest BCUT2D eigenvalue weighted by Crippen LogP contribution is -2.31. The van der Waals surface area contributed by atoms with E-state index in [0.29, 0.717) is 17.1 Å². The van der Waals surface area contributed by atoms with Gasteiger partial charge in [-0.2, -0.15) is 0 Å². The van der Waals surface area contributed by atoms with E-state index in [1.165, 1.54) is 6.07 Å². The van der Waals surface area contributed by atoms with Crippen molar-refractivity contribution >= 4 is 17.5 Å². The Morgan fingerprint density at radius 2 is 2.22 bits per heavy atom. The average Bonchev–Trinajstić information content (AvgIpc) is 2.35. The number of aliphatic hydroxyl groups is 1. The van der Waals surface area contributed by atoms with Gasteiger partial charge in [-0.25, -0.2) is 4.98 Å². The van der Waals surface area contributed by atoms with E-state index < -0.39 is 6.10 Å². The molecule has 1 rings (SSSR count). The number of nitrogens with one attached hydrogen (secondary N) is 1. The van der Waals surface area contributed by atoms with Gasteiger partial charge in [0.1, 0.15) is 5.15 Å². The second kappa shape index (κ2) is 7.34. The summed E-state index contributed by atoms with van der Waals surface area (Å²) >= 11 is 5.88. The van der Waals surface area contributed by atoms with Crippen molar-refractivity contribution < 1.29 is 9.90 Å². The van der Waals surface area contributed by atoms with Gasteiger partial charge in [-0.1, -0.05) is 31.9 Å². The summed E-state index contributed by atoms with van der Waals surface area (Å²) in [4.78, 5) is 16.0. The van der Waals surface area contributed by atoms with E-state index in [9.17, 15) is 9.90 Å². The van der Waals surface area contributed by atoms with Gasteiger partial charge >= 0.3 is 0 Å². The first-order valence-electron chi connectivity index (χ1n) is 6.19. The fourth-order valence-electron chi connectivity index (χ4n) is 1.52. The van der Waals surface area contributed by atoms with E-state index >= 15 is 0 Å². The van der Waals surface area contributed by atoms with E-state index in [1.54, 1.807) is 6.07 Å².